The van der Waals surface area contributed by atoms with Gasteiger partial charge >= 0.3 is 0 Å². The molecule has 10 nitrogen and oxygen atoms in total. The predicted molar refractivity (Wildman–Crippen MR) is 125 cm³/mol. The summed E-state index contributed by atoms with van der Waals surface area (Å²) in [5.41, 5.74) is 1.26. The number of hydrogen-bond acceptors (Lipinski definition) is 6. The van der Waals surface area contributed by atoms with E-state index in [9.17, 15) is 14.4 Å². The monoisotopic (exact) mass is 478 g/mol. The number of amides is 2. The van der Waals surface area contributed by atoms with Gasteiger partial charge in [-0.05, 0) is 43.3 Å². The largest absolute Gasteiger partial charge is 0.463 e. The van der Waals surface area contributed by atoms with Gasteiger partial charge in [0.25, 0.3) is 5.56 Å². The van der Waals surface area contributed by atoms with Crippen LogP contribution in [-0.4, -0.2) is 38.1 Å². The Morgan fingerprint density at radius 1 is 1.21 bits per heavy atom. The molecular weight excluding hydrogens is 460 g/mol. The number of aromatic amines is 1. The first-order valence-corrected chi connectivity index (χ1v) is 10.8. The lowest BCUT2D eigenvalue weighted by molar-refractivity contribution is -0.122. The Morgan fingerprint density at radius 3 is 2.71 bits per heavy atom. The maximum atomic E-state index is 13.1. The number of carbonyl (C=O) groups is 2. The van der Waals surface area contributed by atoms with Gasteiger partial charge in [0, 0.05) is 41.5 Å². The van der Waals surface area contributed by atoms with Gasteiger partial charge in [0.15, 0.2) is 5.76 Å². The van der Waals surface area contributed by atoms with E-state index in [4.69, 9.17) is 16.0 Å². The summed E-state index contributed by atoms with van der Waals surface area (Å²) in [6, 6.07) is 13.3. The number of aryl methyl sites for hydroxylation is 1. The van der Waals surface area contributed by atoms with E-state index in [1.807, 2.05) is 0 Å². The summed E-state index contributed by atoms with van der Waals surface area (Å²) < 4.78 is 6.75. The molecule has 0 radical (unpaired) electrons. The van der Waals surface area contributed by atoms with Crippen molar-refractivity contribution in [1.29, 1.82) is 0 Å². The van der Waals surface area contributed by atoms with Gasteiger partial charge in [-0.25, -0.2) is 4.98 Å². The van der Waals surface area contributed by atoms with Crippen molar-refractivity contribution in [2.45, 2.75) is 13.3 Å². The zero-order chi connectivity index (χ0) is 23.8. The Bertz CT molecular complexity index is 1420. The maximum Gasteiger partial charge on any atom is 0.252 e. The quantitative estimate of drug-likeness (QED) is 0.453. The number of hydrogen-bond donors (Lipinski definition) is 2. The minimum absolute atomic E-state index is 0.0627. The molecule has 5 rings (SSSR count). The summed E-state index contributed by atoms with van der Waals surface area (Å²) in [6.07, 6.45) is 1.57. The molecule has 2 amide bonds. The number of carbonyl (C=O) groups excluding carboxylic acids is 2. The van der Waals surface area contributed by atoms with E-state index in [1.54, 1.807) is 54.3 Å². The number of halogens is 1. The topological polar surface area (TPSA) is 126 Å². The number of anilines is 2. The number of benzene rings is 1. The number of nitrogens with one attached hydrogen (secondary N) is 2. The SMILES string of the molecule is Cc1cc(=O)[nH]c(-n2nc(-c3ccco3)cc2NC(=O)C2CC(=O)N(c3ccc(Cl)cc3)C2)n1. The van der Waals surface area contributed by atoms with Crippen molar-refractivity contribution < 1.29 is 14.0 Å². The summed E-state index contributed by atoms with van der Waals surface area (Å²) in [7, 11) is 0. The van der Waals surface area contributed by atoms with Gasteiger partial charge in [-0.1, -0.05) is 11.6 Å². The molecule has 4 heterocycles. The molecule has 3 aromatic heterocycles. The van der Waals surface area contributed by atoms with Crippen LogP contribution >= 0.6 is 11.6 Å². The van der Waals surface area contributed by atoms with Gasteiger partial charge in [-0.3, -0.25) is 19.4 Å². The van der Waals surface area contributed by atoms with E-state index < -0.39 is 5.92 Å². The highest BCUT2D eigenvalue weighted by atomic mass is 35.5. The van der Waals surface area contributed by atoms with Gasteiger partial charge < -0.3 is 14.6 Å². The molecule has 1 aromatic carbocycles. The molecule has 0 saturated carbocycles. The third-order valence-electron chi connectivity index (χ3n) is 5.43. The lowest BCUT2D eigenvalue weighted by Crippen LogP contribution is -2.28. The summed E-state index contributed by atoms with van der Waals surface area (Å²) in [5, 5.41) is 7.85. The second-order valence-electron chi connectivity index (χ2n) is 7.89. The van der Waals surface area contributed by atoms with Crippen LogP contribution < -0.4 is 15.8 Å². The van der Waals surface area contributed by atoms with Crippen LogP contribution in [0, 0.1) is 12.8 Å². The highest BCUT2D eigenvalue weighted by molar-refractivity contribution is 6.30. The maximum absolute atomic E-state index is 13.1. The van der Waals surface area contributed by atoms with E-state index in [0.717, 1.165) is 0 Å². The zero-order valence-corrected chi connectivity index (χ0v) is 18.7. The van der Waals surface area contributed by atoms with Crippen LogP contribution in [0.3, 0.4) is 0 Å². The van der Waals surface area contributed by atoms with Gasteiger partial charge in [-0.15, -0.1) is 0 Å². The normalized spacial score (nSPS) is 15.6. The second kappa shape index (κ2) is 8.64. The van der Waals surface area contributed by atoms with Crippen molar-refractivity contribution in [3.05, 3.63) is 75.9 Å². The van der Waals surface area contributed by atoms with E-state index in [-0.39, 0.29) is 42.1 Å². The molecule has 2 N–H and O–H groups in total. The Kier molecular flexibility index (Phi) is 5.50. The molecule has 1 aliphatic rings. The van der Waals surface area contributed by atoms with Crippen LogP contribution in [0.15, 0.2) is 64.0 Å². The first-order valence-electron chi connectivity index (χ1n) is 10.5. The Labute approximate surface area is 198 Å². The Balaban J connectivity index is 1.43. The number of rotatable bonds is 5. The minimum atomic E-state index is -0.580. The molecule has 0 spiro atoms. The highest BCUT2D eigenvalue weighted by Gasteiger charge is 2.35. The van der Waals surface area contributed by atoms with Crippen molar-refractivity contribution >= 4 is 34.9 Å². The van der Waals surface area contributed by atoms with Crippen LogP contribution in [-0.2, 0) is 9.59 Å². The van der Waals surface area contributed by atoms with E-state index in [1.165, 1.54) is 17.0 Å². The second-order valence-corrected chi connectivity index (χ2v) is 8.32. The van der Waals surface area contributed by atoms with Crippen molar-refractivity contribution in [2.75, 3.05) is 16.8 Å². The molecular formula is C23H19ClN6O4. The number of H-pyrrole nitrogens is 1. The van der Waals surface area contributed by atoms with Crippen LogP contribution in [0.4, 0.5) is 11.5 Å². The Hall–Kier alpha value is -4.18. The van der Waals surface area contributed by atoms with Gasteiger partial charge in [0.2, 0.25) is 17.8 Å². The molecule has 1 saturated heterocycles. The molecule has 1 unspecified atom stereocenters. The van der Waals surface area contributed by atoms with Gasteiger partial charge in [0.05, 0.1) is 12.2 Å². The van der Waals surface area contributed by atoms with Crippen LogP contribution in [0.25, 0.3) is 17.4 Å². The fraction of sp³-hybridized carbons (Fsp3) is 0.174. The first kappa shape index (κ1) is 21.7. The van der Waals surface area contributed by atoms with Crippen LogP contribution in [0.1, 0.15) is 12.1 Å². The van der Waals surface area contributed by atoms with E-state index in [2.05, 4.69) is 20.4 Å². The summed E-state index contributed by atoms with van der Waals surface area (Å²) in [5.74, 6) is -0.188. The minimum Gasteiger partial charge on any atom is -0.463 e. The summed E-state index contributed by atoms with van der Waals surface area (Å²) in [4.78, 5) is 46.2. The average molecular weight is 479 g/mol. The van der Waals surface area contributed by atoms with E-state index in [0.29, 0.717) is 27.9 Å². The molecule has 1 aliphatic heterocycles. The molecule has 1 atom stereocenters. The molecule has 0 bridgehead atoms. The summed E-state index contributed by atoms with van der Waals surface area (Å²) in [6.45, 7) is 1.91. The molecule has 4 aromatic rings. The molecule has 34 heavy (non-hydrogen) atoms. The zero-order valence-electron chi connectivity index (χ0n) is 18.0. The molecule has 11 heteroatoms. The third kappa shape index (κ3) is 4.23. The van der Waals surface area contributed by atoms with Crippen molar-refractivity contribution in [2.24, 2.45) is 5.92 Å². The standard InChI is InChI=1S/C23H19ClN6O4/c1-13-9-20(31)27-23(25-13)30-19(11-17(28-30)18-3-2-8-34-18)26-22(33)14-10-21(32)29(12-14)16-6-4-15(24)5-7-16/h2-9,11,14H,10,12H2,1H3,(H,26,33)(H,25,27,31). The van der Waals surface area contributed by atoms with Crippen LogP contribution in [0.2, 0.25) is 5.02 Å². The predicted octanol–water partition coefficient (Wildman–Crippen LogP) is 3.17. The smallest absolute Gasteiger partial charge is 0.252 e. The first-order chi connectivity index (χ1) is 16.4. The average Bonchev–Trinajstić information content (AvgIpc) is 3.53. The fourth-order valence-corrected chi connectivity index (χ4v) is 3.95. The van der Waals surface area contributed by atoms with Crippen molar-refractivity contribution in [3.63, 3.8) is 0 Å². The molecule has 172 valence electrons. The van der Waals surface area contributed by atoms with Crippen molar-refractivity contribution in [3.8, 4) is 17.4 Å². The van der Waals surface area contributed by atoms with Gasteiger partial charge in [0.1, 0.15) is 11.5 Å². The number of nitrogens with zero attached hydrogens (tertiary/aromatic N) is 4. The van der Waals surface area contributed by atoms with Gasteiger partial charge in [-0.2, -0.15) is 9.78 Å². The molecule has 0 aliphatic carbocycles. The number of aromatic nitrogens is 4. The highest BCUT2D eigenvalue weighted by Crippen LogP contribution is 2.28. The van der Waals surface area contributed by atoms with E-state index >= 15 is 0 Å². The van der Waals surface area contributed by atoms with Crippen LogP contribution in [0.5, 0.6) is 0 Å². The summed E-state index contributed by atoms with van der Waals surface area (Å²) >= 11 is 5.94. The number of furan rings is 1. The Morgan fingerprint density at radius 2 is 2.00 bits per heavy atom. The lowest BCUT2D eigenvalue weighted by Gasteiger charge is -2.17. The lowest BCUT2D eigenvalue weighted by atomic mass is 10.1. The van der Waals surface area contributed by atoms with Crippen molar-refractivity contribution in [1.82, 2.24) is 19.7 Å². The third-order valence-corrected chi connectivity index (χ3v) is 5.68. The fourth-order valence-electron chi connectivity index (χ4n) is 3.82. The molecule has 1 fully saturated rings.